The molecule has 6 heteroatoms. The van der Waals surface area contributed by atoms with E-state index in [-0.39, 0.29) is 0 Å². The van der Waals surface area contributed by atoms with Crippen LogP contribution in [-0.2, 0) is 11.3 Å². The normalized spacial score (nSPS) is 10.9. The number of rotatable bonds is 4. The van der Waals surface area contributed by atoms with Crippen molar-refractivity contribution in [2.45, 2.75) is 32.9 Å². The van der Waals surface area contributed by atoms with Crippen molar-refractivity contribution in [3.05, 3.63) is 48.4 Å². The average Bonchev–Trinajstić information content (AvgIpc) is 2.45. The van der Waals surface area contributed by atoms with Crippen molar-refractivity contribution in [1.29, 1.82) is 0 Å². The van der Waals surface area contributed by atoms with Crippen LogP contribution in [0.2, 0.25) is 0 Å². The fraction of sp³-hybridized carbons (Fsp3) is 0.312. The minimum absolute atomic E-state index is 0.354. The first kappa shape index (κ1) is 15.8. The maximum atomic E-state index is 11.6. The van der Waals surface area contributed by atoms with Gasteiger partial charge in [-0.15, -0.1) is 0 Å². The summed E-state index contributed by atoms with van der Waals surface area (Å²) in [5.74, 6) is 1.05. The molecule has 0 spiro atoms. The van der Waals surface area contributed by atoms with Crippen LogP contribution in [0, 0.1) is 0 Å². The predicted octanol–water partition coefficient (Wildman–Crippen LogP) is 3.29. The van der Waals surface area contributed by atoms with Crippen LogP contribution in [0.1, 0.15) is 26.3 Å². The Morgan fingerprint density at radius 3 is 2.77 bits per heavy atom. The molecule has 116 valence electrons. The highest BCUT2D eigenvalue weighted by molar-refractivity contribution is 5.67. The van der Waals surface area contributed by atoms with Gasteiger partial charge in [0.1, 0.15) is 11.4 Å². The van der Waals surface area contributed by atoms with Gasteiger partial charge in [0.2, 0.25) is 5.88 Å². The Balaban J connectivity index is 1.93. The van der Waals surface area contributed by atoms with E-state index in [0.29, 0.717) is 18.2 Å². The lowest BCUT2D eigenvalue weighted by Crippen LogP contribution is -2.32. The van der Waals surface area contributed by atoms with Crippen LogP contribution >= 0.6 is 0 Å². The quantitative estimate of drug-likeness (QED) is 0.938. The zero-order chi connectivity index (χ0) is 16.0. The van der Waals surface area contributed by atoms with Crippen LogP contribution < -0.4 is 10.1 Å². The molecule has 1 amide bonds. The number of ether oxygens (including phenoxy) is 2. The molecule has 1 aromatic heterocycles. The Kier molecular flexibility index (Phi) is 4.93. The zero-order valence-corrected chi connectivity index (χ0v) is 12.9. The lowest BCUT2D eigenvalue weighted by atomic mass is 10.2. The average molecular weight is 301 g/mol. The molecule has 1 aromatic carbocycles. The molecule has 2 aromatic rings. The second-order valence-corrected chi connectivity index (χ2v) is 5.65. The minimum Gasteiger partial charge on any atom is -0.444 e. The minimum atomic E-state index is -0.513. The summed E-state index contributed by atoms with van der Waals surface area (Å²) >= 11 is 0. The van der Waals surface area contributed by atoms with Gasteiger partial charge in [0.05, 0.1) is 6.20 Å². The van der Waals surface area contributed by atoms with Gasteiger partial charge >= 0.3 is 6.09 Å². The molecule has 0 fully saturated rings. The molecule has 0 atom stereocenters. The van der Waals surface area contributed by atoms with Crippen molar-refractivity contribution in [3.8, 4) is 11.6 Å². The third kappa shape index (κ3) is 5.40. The van der Waals surface area contributed by atoms with E-state index in [0.717, 1.165) is 5.56 Å². The molecule has 0 unspecified atom stereocenters. The van der Waals surface area contributed by atoms with Crippen molar-refractivity contribution < 1.29 is 14.3 Å². The van der Waals surface area contributed by atoms with Crippen LogP contribution in [0.5, 0.6) is 11.6 Å². The molecule has 0 saturated heterocycles. The molecule has 22 heavy (non-hydrogen) atoms. The molecule has 2 rings (SSSR count). The Hall–Kier alpha value is -2.63. The van der Waals surface area contributed by atoms with Crippen molar-refractivity contribution in [1.82, 2.24) is 15.3 Å². The number of aromatic nitrogens is 2. The van der Waals surface area contributed by atoms with Gasteiger partial charge in [-0.3, -0.25) is 4.98 Å². The highest BCUT2D eigenvalue weighted by Gasteiger charge is 2.15. The number of nitrogens with one attached hydrogen (secondary N) is 1. The van der Waals surface area contributed by atoms with E-state index >= 15 is 0 Å². The van der Waals surface area contributed by atoms with E-state index in [1.807, 2.05) is 45.0 Å². The van der Waals surface area contributed by atoms with Gasteiger partial charge in [0.25, 0.3) is 0 Å². The van der Waals surface area contributed by atoms with E-state index in [1.54, 1.807) is 12.4 Å². The largest absolute Gasteiger partial charge is 0.444 e. The maximum absolute atomic E-state index is 11.6. The van der Waals surface area contributed by atoms with Crippen molar-refractivity contribution in [2.75, 3.05) is 0 Å². The van der Waals surface area contributed by atoms with Gasteiger partial charge in [-0.1, -0.05) is 12.1 Å². The van der Waals surface area contributed by atoms with Crippen LogP contribution in [0.15, 0.2) is 42.9 Å². The lowest BCUT2D eigenvalue weighted by molar-refractivity contribution is 0.0523. The lowest BCUT2D eigenvalue weighted by Gasteiger charge is -2.19. The highest BCUT2D eigenvalue weighted by atomic mass is 16.6. The molecular formula is C16H19N3O3. The number of carbonyl (C=O) groups excluding carboxylic acids is 1. The standard InChI is InChI=1S/C16H19N3O3/c1-16(2,3)22-15(20)19-10-12-5-4-6-13(9-12)21-14-11-17-7-8-18-14/h4-9,11H,10H2,1-3H3,(H,19,20). The van der Waals surface area contributed by atoms with Gasteiger partial charge in [0.15, 0.2) is 0 Å². The first-order chi connectivity index (χ1) is 10.4. The Labute approximate surface area is 129 Å². The van der Waals surface area contributed by atoms with Gasteiger partial charge < -0.3 is 14.8 Å². The topological polar surface area (TPSA) is 73.3 Å². The van der Waals surface area contributed by atoms with Crippen LogP contribution in [0.25, 0.3) is 0 Å². The molecule has 0 saturated carbocycles. The Bertz CT molecular complexity index is 624. The molecular weight excluding hydrogens is 282 g/mol. The number of nitrogens with zero attached hydrogens (tertiary/aromatic N) is 2. The van der Waals surface area contributed by atoms with E-state index in [2.05, 4.69) is 15.3 Å². The Morgan fingerprint density at radius 1 is 1.27 bits per heavy atom. The monoisotopic (exact) mass is 301 g/mol. The van der Waals surface area contributed by atoms with Crippen molar-refractivity contribution in [3.63, 3.8) is 0 Å². The van der Waals surface area contributed by atoms with Gasteiger partial charge in [-0.25, -0.2) is 9.78 Å². The molecule has 0 aliphatic rings. The number of hydrogen-bond acceptors (Lipinski definition) is 5. The first-order valence-electron chi connectivity index (χ1n) is 6.92. The second kappa shape index (κ2) is 6.89. The summed E-state index contributed by atoms with van der Waals surface area (Å²) in [5.41, 5.74) is 0.383. The van der Waals surface area contributed by atoms with E-state index in [4.69, 9.17) is 9.47 Å². The van der Waals surface area contributed by atoms with Crippen LogP contribution in [0.4, 0.5) is 4.79 Å². The van der Waals surface area contributed by atoms with Gasteiger partial charge in [-0.05, 0) is 38.5 Å². The van der Waals surface area contributed by atoms with Gasteiger partial charge in [-0.2, -0.15) is 0 Å². The fourth-order valence-corrected chi connectivity index (χ4v) is 1.67. The summed E-state index contributed by atoms with van der Waals surface area (Å²) in [6, 6.07) is 7.37. The summed E-state index contributed by atoms with van der Waals surface area (Å²) in [4.78, 5) is 19.6. The summed E-state index contributed by atoms with van der Waals surface area (Å²) in [6.45, 7) is 5.82. The number of carbonyl (C=O) groups is 1. The zero-order valence-electron chi connectivity index (χ0n) is 12.9. The second-order valence-electron chi connectivity index (χ2n) is 5.65. The number of hydrogen-bond donors (Lipinski definition) is 1. The maximum Gasteiger partial charge on any atom is 0.407 e. The first-order valence-corrected chi connectivity index (χ1v) is 6.92. The van der Waals surface area contributed by atoms with Gasteiger partial charge in [0, 0.05) is 18.9 Å². The third-order valence-electron chi connectivity index (χ3n) is 2.50. The highest BCUT2D eigenvalue weighted by Crippen LogP contribution is 2.19. The number of benzene rings is 1. The summed E-state index contributed by atoms with van der Waals surface area (Å²) in [7, 11) is 0. The molecule has 0 aliphatic carbocycles. The summed E-state index contributed by atoms with van der Waals surface area (Å²) in [6.07, 6.45) is 4.22. The molecule has 0 bridgehead atoms. The fourth-order valence-electron chi connectivity index (χ4n) is 1.67. The SMILES string of the molecule is CC(C)(C)OC(=O)NCc1cccc(Oc2cnccn2)c1. The van der Waals surface area contributed by atoms with Crippen LogP contribution in [0.3, 0.4) is 0 Å². The summed E-state index contributed by atoms with van der Waals surface area (Å²) in [5, 5.41) is 2.70. The number of amides is 1. The van der Waals surface area contributed by atoms with Crippen molar-refractivity contribution >= 4 is 6.09 Å². The smallest absolute Gasteiger partial charge is 0.407 e. The molecule has 6 nitrogen and oxygen atoms in total. The van der Waals surface area contributed by atoms with E-state index < -0.39 is 11.7 Å². The molecule has 0 radical (unpaired) electrons. The third-order valence-corrected chi connectivity index (χ3v) is 2.50. The number of alkyl carbamates (subject to hydrolysis) is 1. The molecule has 1 N–H and O–H groups in total. The van der Waals surface area contributed by atoms with E-state index in [9.17, 15) is 4.79 Å². The Morgan fingerprint density at radius 2 is 2.09 bits per heavy atom. The summed E-state index contributed by atoms with van der Waals surface area (Å²) < 4.78 is 10.8. The van der Waals surface area contributed by atoms with Crippen LogP contribution in [-0.4, -0.2) is 21.7 Å². The molecule has 1 heterocycles. The van der Waals surface area contributed by atoms with Crippen molar-refractivity contribution in [2.24, 2.45) is 0 Å². The predicted molar refractivity (Wildman–Crippen MR) is 81.6 cm³/mol. The van der Waals surface area contributed by atoms with E-state index in [1.165, 1.54) is 6.20 Å². The molecule has 0 aliphatic heterocycles.